The first-order chi connectivity index (χ1) is 11.0. The number of ether oxygens (including phenoxy) is 1. The van der Waals surface area contributed by atoms with Crippen LogP contribution in [-0.2, 0) is 0 Å². The van der Waals surface area contributed by atoms with Gasteiger partial charge >= 0.3 is 5.97 Å². The Morgan fingerprint density at radius 1 is 1.43 bits per heavy atom. The lowest BCUT2D eigenvalue weighted by Crippen LogP contribution is -2.26. The summed E-state index contributed by atoms with van der Waals surface area (Å²) in [6.45, 7) is 3.32. The Morgan fingerprint density at radius 3 is 3.00 bits per heavy atom. The zero-order valence-corrected chi connectivity index (χ0v) is 13.5. The number of carbonyl (C=O) groups is 1. The van der Waals surface area contributed by atoms with E-state index in [0.717, 1.165) is 17.7 Å². The maximum atomic E-state index is 11.4. The average molecular weight is 333 g/mol. The summed E-state index contributed by atoms with van der Waals surface area (Å²) >= 11 is 5.85. The van der Waals surface area contributed by atoms with Gasteiger partial charge in [-0.1, -0.05) is 23.7 Å². The molecule has 0 amide bonds. The fourth-order valence-electron chi connectivity index (χ4n) is 2.74. The lowest BCUT2D eigenvalue weighted by molar-refractivity contribution is 0.0697. The molecule has 2 aromatic rings. The molecule has 1 N–H and O–H groups in total. The maximum Gasteiger partial charge on any atom is 0.339 e. The molecule has 120 valence electrons. The molecular weight excluding hydrogens is 316 g/mol. The standard InChI is InChI=1S/C17H17ClN2O3/c1-11-3-2-4-13(7-11)23-14-5-6-20(10-14)16-15(17(21)22)8-12(18)9-19-16/h2-4,7-9,14H,5-6,10H2,1H3,(H,21,22). The van der Waals surface area contributed by atoms with E-state index in [9.17, 15) is 9.90 Å². The van der Waals surface area contributed by atoms with Crippen LogP contribution in [0.2, 0.25) is 5.02 Å². The summed E-state index contributed by atoms with van der Waals surface area (Å²) in [5.41, 5.74) is 1.26. The largest absolute Gasteiger partial charge is 0.489 e. The van der Waals surface area contributed by atoms with Crippen LogP contribution in [0.25, 0.3) is 0 Å². The zero-order valence-electron chi connectivity index (χ0n) is 12.7. The lowest BCUT2D eigenvalue weighted by Gasteiger charge is -2.20. The van der Waals surface area contributed by atoms with Crippen LogP contribution in [0.1, 0.15) is 22.3 Å². The Hall–Kier alpha value is -2.27. The van der Waals surface area contributed by atoms with Crippen LogP contribution in [0.4, 0.5) is 5.82 Å². The van der Waals surface area contributed by atoms with Crippen molar-refractivity contribution in [3.63, 3.8) is 0 Å². The smallest absolute Gasteiger partial charge is 0.339 e. The molecule has 1 saturated heterocycles. The minimum Gasteiger partial charge on any atom is -0.489 e. The van der Waals surface area contributed by atoms with Crippen molar-refractivity contribution < 1.29 is 14.6 Å². The molecule has 0 aliphatic carbocycles. The molecule has 5 nitrogen and oxygen atoms in total. The van der Waals surface area contributed by atoms with Crippen LogP contribution in [-0.4, -0.2) is 35.3 Å². The van der Waals surface area contributed by atoms with Crippen LogP contribution < -0.4 is 9.64 Å². The highest BCUT2D eigenvalue weighted by molar-refractivity contribution is 6.30. The van der Waals surface area contributed by atoms with Gasteiger partial charge in [0, 0.05) is 19.2 Å². The number of rotatable bonds is 4. The van der Waals surface area contributed by atoms with Crippen molar-refractivity contribution in [2.45, 2.75) is 19.4 Å². The van der Waals surface area contributed by atoms with Gasteiger partial charge in [0.25, 0.3) is 0 Å². The molecule has 1 fully saturated rings. The van der Waals surface area contributed by atoms with Gasteiger partial charge in [-0.15, -0.1) is 0 Å². The van der Waals surface area contributed by atoms with Crippen molar-refractivity contribution in [3.8, 4) is 5.75 Å². The van der Waals surface area contributed by atoms with Crippen LogP contribution >= 0.6 is 11.6 Å². The second-order valence-electron chi connectivity index (χ2n) is 5.62. The van der Waals surface area contributed by atoms with E-state index in [4.69, 9.17) is 16.3 Å². The quantitative estimate of drug-likeness (QED) is 0.929. The molecule has 1 aliphatic heterocycles. The fraction of sp³-hybridized carbons (Fsp3) is 0.294. The molecule has 0 radical (unpaired) electrons. The molecule has 23 heavy (non-hydrogen) atoms. The topological polar surface area (TPSA) is 62.7 Å². The second kappa shape index (κ2) is 6.46. The number of hydrogen-bond donors (Lipinski definition) is 1. The van der Waals surface area contributed by atoms with Gasteiger partial charge < -0.3 is 14.7 Å². The van der Waals surface area contributed by atoms with Gasteiger partial charge in [0.05, 0.1) is 11.6 Å². The molecule has 0 bridgehead atoms. The third-order valence-electron chi connectivity index (χ3n) is 3.80. The summed E-state index contributed by atoms with van der Waals surface area (Å²) in [5, 5.41) is 9.64. The predicted molar refractivity (Wildman–Crippen MR) is 88.6 cm³/mol. The molecule has 3 rings (SSSR count). The van der Waals surface area contributed by atoms with E-state index in [2.05, 4.69) is 4.98 Å². The molecule has 6 heteroatoms. The summed E-state index contributed by atoms with van der Waals surface area (Å²) in [7, 11) is 0. The van der Waals surface area contributed by atoms with E-state index in [1.54, 1.807) is 0 Å². The number of carboxylic acid groups (broad SMARTS) is 1. The Labute approximate surface area is 139 Å². The summed E-state index contributed by atoms with van der Waals surface area (Å²) in [6.07, 6.45) is 2.30. The summed E-state index contributed by atoms with van der Waals surface area (Å²) < 4.78 is 5.99. The highest BCUT2D eigenvalue weighted by Gasteiger charge is 2.28. The first-order valence-corrected chi connectivity index (χ1v) is 7.78. The normalized spacial score (nSPS) is 17.3. The summed E-state index contributed by atoms with van der Waals surface area (Å²) in [6, 6.07) is 9.33. The van der Waals surface area contributed by atoms with E-state index >= 15 is 0 Å². The Kier molecular flexibility index (Phi) is 4.39. The van der Waals surface area contributed by atoms with E-state index in [1.807, 2.05) is 36.1 Å². The van der Waals surface area contributed by atoms with Gasteiger partial charge in [-0.05, 0) is 30.7 Å². The van der Waals surface area contributed by atoms with E-state index < -0.39 is 5.97 Å². The molecular formula is C17H17ClN2O3. The number of pyridine rings is 1. The monoisotopic (exact) mass is 332 g/mol. The maximum absolute atomic E-state index is 11.4. The summed E-state index contributed by atoms with van der Waals surface area (Å²) in [4.78, 5) is 17.5. The number of anilines is 1. The van der Waals surface area contributed by atoms with Crippen molar-refractivity contribution in [3.05, 3.63) is 52.7 Å². The van der Waals surface area contributed by atoms with Gasteiger partial charge in [-0.2, -0.15) is 0 Å². The van der Waals surface area contributed by atoms with Crippen molar-refractivity contribution in [2.24, 2.45) is 0 Å². The van der Waals surface area contributed by atoms with Crippen LogP contribution in [0, 0.1) is 6.92 Å². The molecule has 0 saturated carbocycles. The van der Waals surface area contributed by atoms with E-state index in [-0.39, 0.29) is 11.7 Å². The van der Waals surface area contributed by atoms with Gasteiger partial charge in [-0.3, -0.25) is 0 Å². The second-order valence-corrected chi connectivity index (χ2v) is 6.06. The number of hydrogen-bond acceptors (Lipinski definition) is 4. The number of carboxylic acids is 1. The molecule has 1 aromatic carbocycles. The van der Waals surface area contributed by atoms with E-state index in [1.165, 1.54) is 12.3 Å². The van der Waals surface area contributed by atoms with Crippen LogP contribution in [0.15, 0.2) is 36.5 Å². The Bertz CT molecular complexity index is 736. The Morgan fingerprint density at radius 2 is 2.26 bits per heavy atom. The number of aryl methyl sites for hydroxylation is 1. The van der Waals surface area contributed by atoms with Crippen molar-refractivity contribution in [2.75, 3.05) is 18.0 Å². The molecule has 1 aliphatic rings. The zero-order chi connectivity index (χ0) is 16.4. The van der Waals surface area contributed by atoms with Gasteiger partial charge in [-0.25, -0.2) is 9.78 Å². The van der Waals surface area contributed by atoms with Crippen LogP contribution in [0.3, 0.4) is 0 Å². The predicted octanol–water partition coefficient (Wildman–Crippen LogP) is 3.40. The highest BCUT2D eigenvalue weighted by atomic mass is 35.5. The molecule has 2 heterocycles. The molecule has 0 spiro atoms. The van der Waals surface area contributed by atoms with Crippen LogP contribution in [0.5, 0.6) is 5.75 Å². The molecule has 1 aromatic heterocycles. The number of benzene rings is 1. The minimum atomic E-state index is -1.03. The van der Waals surface area contributed by atoms with Gasteiger partial charge in [0.15, 0.2) is 0 Å². The Balaban J connectivity index is 1.74. The fourth-order valence-corrected chi connectivity index (χ4v) is 2.90. The number of halogens is 1. The number of aromatic carboxylic acids is 1. The molecule has 1 unspecified atom stereocenters. The van der Waals surface area contributed by atoms with Crippen molar-refractivity contribution in [1.29, 1.82) is 0 Å². The minimum absolute atomic E-state index is 0.0101. The number of aromatic nitrogens is 1. The molecule has 1 atom stereocenters. The third-order valence-corrected chi connectivity index (χ3v) is 4.01. The lowest BCUT2D eigenvalue weighted by atomic mass is 10.2. The van der Waals surface area contributed by atoms with Crippen molar-refractivity contribution in [1.82, 2.24) is 4.98 Å². The number of nitrogens with zero attached hydrogens (tertiary/aromatic N) is 2. The van der Waals surface area contributed by atoms with Gasteiger partial charge in [0.1, 0.15) is 23.2 Å². The summed E-state index contributed by atoms with van der Waals surface area (Å²) in [5.74, 6) is 0.245. The van der Waals surface area contributed by atoms with Crippen molar-refractivity contribution >= 4 is 23.4 Å². The highest BCUT2D eigenvalue weighted by Crippen LogP contribution is 2.27. The third kappa shape index (κ3) is 3.56. The first kappa shape index (κ1) is 15.6. The van der Waals surface area contributed by atoms with E-state index in [0.29, 0.717) is 23.9 Å². The first-order valence-electron chi connectivity index (χ1n) is 7.40. The SMILES string of the molecule is Cc1cccc(OC2CCN(c3ncc(Cl)cc3C(=O)O)C2)c1. The average Bonchev–Trinajstić information content (AvgIpc) is 2.95. The van der Waals surface area contributed by atoms with Gasteiger partial charge in [0.2, 0.25) is 0 Å².